The van der Waals surface area contributed by atoms with Gasteiger partial charge < -0.3 is 10.2 Å². The first-order valence-electron chi connectivity index (χ1n) is 12.8. The van der Waals surface area contributed by atoms with E-state index in [1.807, 2.05) is 60.7 Å². The SMILES string of the molecule is CNC(=O)[C@H](Cc1ccccc1)N1CCN(Cc2ccccc2)C[C@H](N2C(=O)c3ccccc3C2=O)C1=O. The Balaban J connectivity index is 1.51. The van der Waals surface area contributed by atoms with Crippen LogP contribution in [-0.4, -0.2) is 77.1 Å². The van der Waals surface area contributed by atoms with Crippen LogP contribution in [0, 0.1) is 0 Å². The largest absolute Gasteiger partial charge is 0.357 e. The van der Waals surface area contributed by atoms with Crippen LogP contribution in [0.4, 0.5) is 0 Å². The van der Waals surface area contributed by atoms with E-state index in [2.05, 4.69) is 10.2 Å². The van der Waals surface area contributed by atoms with Crippen molar-refractivity contribution in [2.24, 2.45) is 0 Å². The zero-order valence-electron chi connectivity index (χ0n) is 21.2. The van der Waals surface area contributed by atoms with Crippen molar-refractivity contribution in [3.05, 3.63) is 107 Å². The highest BCUT2D eigenvalue weighted by atomic mass is 16.2. The van der Waals surface area contributed by atoms with Gasteiger partial charge in [-0.2, -0.15) is 0 Å². The van der Waals surface area contributed by atoms with Crippen LogP contribution in [-0.2, 0) is 22.6 Å². The third kappa shape index (κ3) is 4.95. The van der Waals surface area contributed by atoms with Crippen LogP contribution in [0.2, 0.25) is 0 Å². The van der Waals surface area contributed by atoms with Crippen molar-refractivity contribution in [2.75, 3.05) is 26.7 Å². The molecule has 5 rings (SSSR count). The molecule has 2 heterocycles. The molecule has 2 aliphatic heterocycles. The molecule has 8 nitrogen and oxygen atoms in total. The number of carbonyl (C=O) groups excluding carboxylic acids is 4. The van der Waals surface area contributed by atoms with E-state index in [0.717, 1.165) is 16.0 Å². The average Bonchev–Trinajstić information content (AvgIpc) is 3.09. The second kappa shape index (κ2) is 11.0. The Bertz CT molecular complexity index is 1310. The Kier molecular flexibility index (Phi) is 7.33. The third-order valence-corrected chi connectivity index (χ3v) is 7.24. The van der Waals surface area contributed by atoms with Crippen molar-refractivity contribution in [2.45, 2.75) is 25.0 Å². The van der Waals surface area contributed by atoms with Crippen LogP contribution >= 0.6 is 0 Å². The molecule has 0 radical (unpaired) electrons. The summed E-state index contributed by atoms with van der Waals surface area (Å²) in [5, 5.41) is 2.70. The highest BCUT2D eigenvalue weighted by Crippen LogP contribution is 2.28. The van der Waals surface area contributed by atoms with Crippen LogP contribution in [0.5, 0.6) is 0 Å². The number of benzene rings is 3. The molecule has 0 aliphatic carbocycles. The van der Waals surface area contributed by atoms with Gasteiger partial charge in [-0.15, -0.1) is 0 Å². The molecule has 1 saturated heterocycles. The molecule has 38 heavy (non-hydrogen) atoms. The number of hydrogen-bond acceptors (Lipinski definition) is 5. The summed E-state index contributed by atoms with van der Waals surface area (Å²) in [5.74, 6) is -1.66. The number of amides is 4. The predicted octanol–water partition coefficient (Wildman–Crippen LogP) is 2.35. The first-order chi connectivity index (χ1) is 18.5. The Labute approximate surface area is 221 Å². The van der Waals surface area contributed by atoms with Gasteiger partial charge in [-0.3, -0.25) is 29.0 Å². The molecular weight excluding hydrogens is 480 g/mol. The Morgan fingerprint density at radius 1 is 0.816 bits per heavy atom. The van der Waals surface area contributed by atoms with E-state index in [1.165, 1.54) is 0 Å². The van der Waals surface area contributed by atoms with Gasteiger partial charge >= 0.3 is 0 Å². The molecule has 0 aromatic heterocycles. The minimum absolute atomic E-state index is 0.182. The summed E-state index contributed by atoms with van der Waals surface area (Å²) in [6.45, 7) is 1.51. The smallest absolute Gasteiger partial charge is 0.262 e. The number of carbonyl (C=O) groups is 4. The zero-order valence-corrected chi connectivity index (χ0v) is 21.2. The molecule has 0 unspecified atom stereocenters. The molecule has 3 aromatic rings. The van der Waals surface area contributed by atoms with E-state index >= 15 is 0 Å². The summed E-state index contributed by atoms with van der Waals surface area (Å²) in [7, 11) is 1.55. The zero-order chi connectivity index (χ0) is 26.6. The summed E-state index contributed by atoms with van der Waals surface area (Å²) in [6, 6.07) is 24.2. The lowest BCUT2D eigenvalue weighted by Crippen LogP contribution is -2.57. The van der Waals surface area contributed by atoms with Crippen molar-refractivity contribution in [1.29, 1.82) is 0 Å². The monoisotopic (exact) mass is 510 g/mol. The number of likely N-dealkylation sites (N-methyl/N-ethyl adjacent to an activating group) is 1. The summed E-state index contributed by atoms with van der Waals surface area (Å²) >= 11 is 0. The molecule has 0 saturated carbocycles. The topological polar surface area (TPSA) is 90.0 Å². The Morgan fingerprint density at radius 2 is 1.37 bits per heavy atom. The van der Waals surface area contributed by atoms with Crippen LogP contribution in [0.1, 0.15) is 31.8 Å². The lowest BCUT2D eigenvalue weighted by molar-refractivity contribution is -0.142. The molecule has 2 aliphatic rings. The number of nitrogens with one attached hydrogen (secondary N) is 1. The van der Waals surface area contributed by atoms with Gasteiger partial charge in [0, 0.05) is 39.6 Å². The van der Waals surface area contributed by atoms with Gasteiger partial charge in [-0.25, -0.2) is 0 Å². The lowest BCUT2D eigenvalue weighted by Gasteiger charge is -2.33. The van der Waals surface area contributed by atoms with Gasteiger partial charge in [0.1, 0.15) is 12.1 Å². The molecule has 4 amide bonds. The molecular formula is C30H30N4O4. The van der Waals surface area contributed by atoms with E-state index in [-0.39, 0.29) is 19.0 Å². The van der Waals surface area contributed by atoms with Gasteiger partial charge in [0.25, 0.3) is 11.8 Å². The van der Waals surface area contributed by atoms with Crippen molar-refractivity contribution < 1.29 is 19.2 Å². The number of hydrogen-bond donors (Lipinski definition) is 1. The Hall–Kier alpha value is -4.30. The fourth-order valence-corrected chi connectivity index (χ4v) is 5.29. The third-order valence-electron chi connectivity index (χ3n) is 7.24. The summed E-state index contributed by atoms with van der Waals surface area (Å²) in [4.78, 5) is 58.9. The second-order valence-electron chi connectivity index (χ2n) is 9.61. The van der Waals surface area contributed by atoms with Crippen LogP contribution < -0.4 is 5.32 Å². The fraction of sp³-hybridized carbons (Fsp3) is 0.267. The molecule has 1 fully saturated rings. The van der Waals surface area contributed by atoms with E-state index < -0.39 is 29.8 Å². The first-order valence-corrected chi connectivity index (χ1v) is 12.8. The number of fused-ring (bicyclic) bond motifs is 1. The molecule has 0 bridgehead atoms. The second-order valence-corrected chi connectivity index (χ2v) is 9.61. The maximum Gasteiger partial charge on any atom is 0.262 e. The predicted molar refractivity (Wildman–Crippen MR) is 142 cm³/mol. The standard InChI is InChI=1S/C30H30N4O4/c1-31-27(35)25(18-21-10-4-2-5-11-21)33-17-16-32(19-22-12-6-3-7-13-22)20-26(30(33)38)34-28(36)23-14-8-9-15-24(23)29(34)37/h2-15,25-26H,16-20H2,1H3,(H,31,35)/t25-,26-/m0/s1. The normalized spacial score (nSPS) is 18.8. The van der Waals surface area contributed by atoms with Crippen molar-refractivity contribution in [1.82, 2.24) is 20.0 Å². The number of imide groups is 1. The molecule has 1 N–H and O–H groups in total. The van der Waals surface area contributed by atoms with Crippen molar-refractivity contribution in [3.63, 3.8) is 0 Å². The lowest BCUT2D eigenvalue weighted by atomic mass is 10.0. The van der Waals surface area contributed by atoms with E-state index in [1.54, 1.807) is 36.2 Å². The fourth-order valence-electron chi connectivity index (χ4n) is 5.29. The van der Waals surface area contributed by atoms with Gasteiger partial charge in [0.05, 0.1) is 11.1 Å². The van der Waals surface area contributed by atoms with Gasteiger partial charge in [0.2, 0.25) is 11.8 Å². The molecule has 2 atom stereocenters. The summed E-state index contributed by atoms with van der Waals surface area (Å²) in [5.41, 5.74) is 2.56. The summed E-state index contributed by atoms with van der Waals surface area (Å²) < 4.78 is 0. The quantitative estimate of drug-likeness (QED) is 0.493. The van der Waals surface area contributed by atoms with E-state index in [9.17, 15) is 19.2 Å². The van der Waals surface area contributed by atoms with Gasteiger partial charge in [-0.05, 0) is 23.3 Å². The summed E-state index contributed by atoms with van der Waals surface area (Å²) in [6.07, 6.45) is 0.319. The van der Waals surface area contributed by atoms with E-state index in [4.69, 9.17) is 0 Å². The molecule has 3 aromatic carbocycles. The molecule has 194 valence electrons. The van der Waals surface area contributed by atoms with Gasteiger partial charge in [0.15, 0.2) is 0 Å². The van der Waals surface area contributed by atoms with Crippen LogP contribution in [0.25, 0.3) is 0 Å². The minimum Gasteiger partial charge on any atom is -0.357 e. The first kappa shape index (κ1) is 25.4. The maximum absolute atomic E-state index is 14.2. The van der Waals surface area contributed by atoms with Crippen LogP contribution in [0.15, 0.2) is 84.9 Å². The molecule has 8 heteroatoms. The van der Waals surface area contributed by atoms with Crippen molar-refractivity contribution in [3.8, 4) is 0 Å². The number of rotatable bonds is 7. The van der Waals surface area contributed by atoms with Crippen LogP contribution in [0.3, 0.4) is 0 Å². The van der Waals surface area contributed by atoms with Crippen molar-refractivity contribution >= 4 is 23.6 Å². The number of nitrogens with zero attached hydrogens (tertiary/aromatic N) is 3. The maximum atomic E-state index is 14.2. The minimum atomic E-state index is -1.06. The van der Waals surface area contributed by atoms with Gasteiger partial charge in [-0.1, -0.05) is 72.8 Å². The average molecular weight is 511 g/mol. The molecule has 0 spiro atoms. The highest BCUT2D eigenvalue weighted by molar-refractivity contribution is 6.23. The van der Waals surface area contributed by atoms with E-state index in [0.29, 0.717) is 30.6 Å². The Morgan fingerprint density at radius 3 is 1.95 bits per heavy atom. The highest BCUT2D eigenvalue weighted by Gasteiger charge is 2.47.